The Bertz CT molecular complexity index is 2370. The highest BCUT2D eigenvalue weighted by atomic mass is 14.9. The van der Waals surface area contributed by atoms with E-state index in [1.807, 2.05) is 30.3 Å². The van der Waals surface area contributed by atoms with Gasteiger partial charge in [-0.2, -0.15) is 0 Å². The molecule has 230 valence electrons. The molecule has 0 aliphatic heterocycles. The van der Waals surface area contributed by atoms with E-state index in [2.05, 4.69) is 163 Å². The molecule has 7 aromatic rings. The first-order valence-corrected chi connectivity index (χ1v) is 16.7. The molecule has 0 fully saturated rings. The molecule has 9 rings (SSSR count). The molecule has 0 heterocycles. The maximum Gasteiger partial charge on any atom is 0.159 e. The van der Waals surface area contributed by atoms with Crippen LogP contribution in [0.1, 0.15) is 33.4 Å². The van der Waals surface area contributed by atoms with Crippen molar-refractivity contribution < 1.29 is 0 Å². The highest BCUT2D eigenvalue weighted by Gasteiger charge is 2.53. The number of rotatable bonds is 5. The third-order valence-electron chi connectivity index (χ3n) is 10.0. The Morgan fingerprint density at radius 3 is 1.29 bits per heavy atom. The molecular weight excluding hydrogens is 593 g/mol. The summed E-state index contributed by atoms with van der Waals surface area (Å²) in [6, 6.07) is 65.0. The monoisotopic (exact) mass is 624 g/mol. The maximum absolute atomic E-state index is 5.41. The van der Waals surface area contributed by atoms with Gasteiger partial charge in [-0.25, -0.2) is 9.98 Å². The van der Waals surface area contributed by atoms with Crippen LogP contribution in [0.3, 0.4) is 0 Å². The summed E-state index contributed by atoms with van der Waals surface area (Å²) < 4.78 is 0. The predicted octanol–water partition coefficient (Wildman–Crippen LogP) is 11.4. The molecule has 0 radical (unpaired) electrons. The molecule has 1 spiro atoms. The van der Waals surface area contributed by atoms with Crippen LogP contribution in [0.2, 0.25) is 0 Å². The predicted molar refractivity (Wildman–Crippen MR) is 205 cm³/mol. The first-order valence-electron chi connectivity index (χ1n) is 16.7. The van der Waals surface area contributed by atoms with Gasteiger partial charge >= 0.3 is 0 Å². The molecule has 2 aliphatic rings. The number of hydrogen-bond acceptors (Lipinski definition) is 1. The molecule has 0 unspecified atom stereocenters. The van der Waals surface area contributed by atoms with Crippen molar-refractivity contribution in [2.45, 2.75) is 5.41 Å². The Hall–Kier alpha value is -6.38. The molecule has 2 heteroatoms. The summed E-state index contributed by atoms with van der Waals surface area (Å²) in [4.78, 5) is 9.89. The third kappa shape index (κ3) is 4.49. The Balaban J connectivity index is 1.28. The van der Waals surface area contributed by atoms with Gasteiger partial charge in [-0.1, -0.05) is 182 Å². The van der Waals surface area contributed by atoms with Crippen molar-refractivity contribution in [3.8, 4) is 33.4 Å². The number of amidine groups is 1. The number of fused-ring (bicyclic) bond motifs is 7. The van der Waals surface area contributed by atoms with E-state index in [0.29, 0.717) is 5.84 Å². The summed E-state index contributed by atoms with van der Waals surface area (Å²) in [5.41, 5.74) is 15.8. The molecular formula is C47H32N2. The normalized spacial score (nSPS) is 14.0. The van der Waals surface area contributed by atoms with E-state index in [-0.39, 0.29) is 0 Å². The lowest BCUT2D eigenvalue weighted by atomic mass is 9.68. The molecule has 49 heavy (non-hydrogen) atoms. The summed E-state index contributed by atoms with van der Waals surface area (Å²) >= 11 is 0. The van der Waals surface area contributed by atoms with Crippen LogP contribution in [-0.2, 0) is 5.41 Å². The zero-order valence-corrected chi connectivity index (χ0v) is 26.9. The van der Waals surface area contributed by atoms with Gasteiger partial charge in [0, 0.05) is 16.7 Å². The number of allylic oxidation sites excluding steroid dienone is 1. The molecule has 0 atom stereocenters. The molecule has 2 aliphatic carbocycles. The highest BCUT2D eigenvalue weighted by Crippen LogP contribution is 2.64. The van der Waals surface area contributed by atoms with Crippen molar-refractivity contribution in [2.75, 3.05) is 0 Å². The van der Waals surface area contributed by atoms with Crippen molar-refractivity contribution in [3.05, 3.63) is 215 Å². The summed E-state index contributed by atoms with van der Waals surface area (Å²) in [5.74, 6) is 0.606. The van der Waals surface area contributed by atoms with Gasteiger partial charge < -0.3 is 0 Å². The van der Waals surface area contributed by atoms with Gasteiger partial charge in [0.05, 0.1) is 11.1 Å². The van der Waals surface area contributed by atoms with Crippen LogP contribution in [0.5, 0.6) is 0 Å². The second kappa shape index (κ2) is 11.7. The van der Waals surface area contributed by atoms with E-state index in [1.165, 1.54) is 50.1 Å². The standard InChI is InChI=1S/C47H32N2/c1-48-46(37-16-6-3-7-17-37)49-45-40-20-10-13-23-43(40)47(41-21-11-8-18-38(41)39-19-9-12-22-42(39)47)44(45)36-30-28-35(29-31-36)34-26-24-33(25-27-34)32-14-4-2-5-15-32/h2-31H,1H2. The van der Waals surface area contributed by atoms with Crippen LogP contribution in [0.4, 0.5) is 0 Å². The minimum absolute atomic E-state index is 0.551. The van der Waals surface area contributed by atoms with Crippen molar-refractivity contribution in [1.82, 2.24) is 0 Å². The van der Waals surface area contributed by atoms with Crippen molar-refractivity contribution in [2.24, 2.45) is 9.98 Å². The average Bonchev–Trinajstić information content (AvgIpc) is 3.64. The molecule has 0 N–H and O–H groups in total. The molecule has 0 saturated heterocycles. The lowest BCUT2D eigenvalue weighted by Gasteiger charge is -2.32. The molecule has 0 amide bonds. The number of nitrogens with zero attached hydrogens (tertiary/aromatic N) is 2. The molecule has 0 aromatic heterocycles. The van der Waals surface area contributed by atoms with Crippen LogP contribution >= 0.6 is 0 Å². The fourth-order valence-corrected chi connectivity index (χ4v) is 7.93. The largest absolute Gasteiger partial charge is 0.245 e. The maximum atomic E-state index is 5.41. The van der Waals surface area contributed by atoms with Gasteiger partial charge in [0.15, 0.2) is 5.84 Å². The Morgan fingerprint density at radius 2 is 0.776 bits per heavy atom. The lowest BCUT2D eigenvalue weighted by Crippen LogP contribution is -2.26. The minimum Gasteiger partial charge on any atom is -0.245 e. The van der Waals surface area contributed by atoms with Crippen LogP contribution in [0.15, 0.2) is 192 Å². The Labute approximate surface area is 287 Å². The zero-order valence-electron chi connectivity index (χ0n) is 26.9. The minimum atomic E-state index is -0.551. The Kier molecular flexibility index (Phi) is 6.88. The summed E-state index contributed by atoms with van der Waals surface area (Å²) in [7, 11) is 0. The van der Waals surface area contributed by atoms with Gasteiger partial charge in [-0.15, -0.1) is 0 Å². The van der Waals surface area contributed by atoms with E-state index in [4.69, 9.17) is 4.99 Å². The fourth-order valence-electron chi connectivity index (χ4n) is 7.93. The molecule has 0 saturated carbocycles. The molecule has 7 aromatic carbocycles. The average molecular weight is 625 g/mol. The van der Waals surface area contributed by atoms with E-state index in [9.17, 15) is 0 Å². The Morgan fingerprint density at radius 1 is 0.388 bits per heavy atom. The van der Waals surface area contributed by atoms with Crippen molar-refractivity contribution in [1.29, 1.82) is 0 Å². The van der Waals surface area contributed by atoms with Gasteiger partial charge in [-0.3, -0.25) is 0 Å². The summed E-state index contributed by atoms with van der Waals surface area (Å²) in [5, 5.41) is 0. The van der Waals surface area contributed by atoms with Crippen LogP contribution < -0.4 is 0 Å². The SMILES string of the molecule is C=NC(=NC1=C(c2ccc(-c3ccc(-c4ccccc4)cc3)cc2)C2(c3ccccc31)c1ccccc1-c1ccccc12)c1ccccc1. The third-order valence-corrected chi connectivity index (χ3v) is 10.0. The van der Waals surface area contributed by atoms with E-state index >= 15 is 0 Å². The molecule has 0 bridgehead atoms. The highest BCUT2D eigenvalue weighted by molar-refractivity contribution is 6.13. The summed E-state index contributed by atoms with van der Waals surface area (Å²) in [6.07, 6.45) is 0. The number of aliphatic imine (C=N–C) groups is 2. The zero-order chi connectivity index (χ0) is 32.8. The fraction of sp³-hybridized carbons (Fsp3) is 0.0213. The van der Waals surface area contributed by atoms with Gasteiger partial charge in [0.25, 0.3) is 0 Å². The van der Waals surface area contributed by atoms with E-state index in [0.717, 1.165) is 28.0 Å². The molecule has 2 nitrogen and oxygen atoms in total. The number of hydrogen-bond donors (Lipinski definition) is 0. The second-order valence-corrected chi connectivity index (χ2v) is 12.6. The van der Waals surface area contributed by atoms with Crippen molar-refractivity contribution >= 4 is 23.8 Å². The van der Waals surface area contributed by atoms with Gasteiger partial charge in [-0.05, 0) is 62.4 Å². The van der Waals surface area contributed by atoms with Crippen LogP contribution in [-0.4, -0.2) is 12.6 Å². The van der Waals surface area contributed by atoms with Crippen LogP contribution in [0.25, 0.3) is 44.7 Å². The van der Waals surface area contributed by atoms with Crippen molar-refractivity contribution in [3.63, 3.8) is 0 Å². The van der Waals surface area contributed by atoms with Gasteiger partial charge in [0.2, 0.25) is 0 Å². The second-order valence-electron chi connectivity index (χ2n) is 12.6. The summed E-state index contributed by atoms with van der Waals surface area (Å²) in [6.45, 7) is 3.96. The van der Waals surface area contributed by atoms with E-state index < -0.39 is 5.41 Å². The van der Waals surface area contributed by atoms with Crippen LogP contribution in [0, 0.1) is 0 Å². The lowest BCUT2D eigenvalue weighted by molar-refractivity contribution is 0.842. The first kappa shape index (κ1) is 28.8. The van der Waals surface area contributed by atoms with E-state index in [1.54, 1.807) is 0 Å². The number of benzene rings is 7. The van der Waals surface area contributed by atoms with Gasteiger partial charge in [0.1, 0.15) is 0 Å². The topological polar surface area (TPSA) is 24.7 Å². The first-order chi connectivity index (χ1) is 24.3. The quantitative estimate of drug-likeness (QED) is 0.134. The smallest absolute Gasteiger partial charge is 0.159 e.